The Morgan fingerprint density at radius 3 is 0.857 bits per heavy atom. The van der Waals surface area contributed by atoms with E-state index in [1.54, 1.807) is 32.1 Å². The molecule has 3 aliphatic rings. The second-order valence-corrected chi connectivity index (χ2v) is 5.60. The molecule has 0 heteroatoms. The third-order valence-electron chi connectivity index (χ3n) is 4.38. The summed E-state index contributed by atoms with van der Waals surface area (Å²) in [7, 11) is 0. The van der Waals surface area contributed by atoms with E-state index in [1.165, 1.54) is 56.8 Å². The molecule has 0 spiro atoms. The normalized spacial score (nSPS) is 36.0. The van der Waals surface area contributed by atoms with Gasteiger partial charge >= 0.3 is 0 Å². The number of fused-ring (bicyclic) bond motifs is 2. The van der Waals surface area contributed by atoms with Gasteiger partial charge in [0.15, 0.2) is 0 Å². The highest BCUT2D eigenvalue weighted by atomic mass is 14.4. The van der Waals surface area contributed by atoms with Crippen LogP contribution in [0.25, 0.3) is 0 Å². The van der Waals surface area contributed by atoms with Crippen LogP contribution in [0.1, 0.15) is 77.0 Å². The van der Waals surface area contributed by atoms with Gasteiger partial charge in [-0.3, -0.25) is 0 Å². The van der Waals surface area contributed by atoms with Crippen LogP contribution in [0.5, 0.6) is 0 Å². The Kier molecular flexibility index (Phi) is 4.34. The zero-order valence-corrected chi connectivity index (χ0v) is 9.64. The summed E-state index contributed by atoms with van der Waals surface area (Å²) in [5.41, 5.74) is 0. The summed E-state index contributed by atoms with van der Waals surface area (Å²) in [6.45, 7) is 0. The average molecular weight is 194 g/mol. The van der Waals surface area contributed by atoms with Crippen molar-refractivity contribution in [2.24, 2.45) is 11.8 Å². The van der Waals surface area contributed by atoms with Crippen LogP contribution in [0.2, 0.25) is 0 Å². The highest BCUT2D eigenvalue weighted by molar-refractivity contribution is 4.82. The topological polar surface area (TPSA) is 0 Å². The van der Waals surface area contributed by atoms with E-state index < -0.39 is 0 Å². The van der Waals surface area contributed by atoms with E-state index in [2.05, 4.69) is 0 Å². The van der Waals surface area contributed by atoms with E-state index >= 15 is 0 Å². The third-order valence-corrected chi connectivity index (χ3v) is 4.38. The van der Waals surface area contributed by atoms with Gasteiger partial charge in [-0.05, 0) is 18.3 Å². The van der Waals surface area contributed by atoms with Crippen molar-refractivity contribution < 1.29 is 0 Å². The molecule has 0 aliphatic heterocycles. The van der Waals surface area contributed by atoms with Crippen molar-refractivity contribution in [3.63, 3.8) is 0 Å². The van der Waals surface area contributed by atoms with Gasteiger partial charge in [0.2, 0.25) is 0 Å². The molecule has 0 aromatic heterocycles. The second kappa shape index (κ2) is 5.78. The largest absolute Gasteiger partial charge is 0.0533 e. The van der Waals surface area contributed by atoms with Crippen LogP contribution in [0.3, 0.4) is 0 Å². The van der Waals surface area contributed by atoms with Gasteiger partial charge in [-0.1, -0.05) is 70.6 Å². The van der Waals surface area contributed by atoms with Crippen LogP contribution < -0.4 is 0 Å². The molecule has 0 heterocycles. The van der Waals surface area contributed by atoms with Gasteiger partial charge in [-0.2, -0.15) is 0 Å². The van der Waals surface area contributed by atoms with Gasteiger partial charge in [-0.25, -0.2) is 0 Å². The Morgan fingerprint density at radius 2 is 0.714 bits per heavy atom. The fourth-order valence-electron chi connectivity index (χ4n) is 3.41. The number of rotatable bonds is 0. The van der Waals surface area contributed by atoms with E-state index in [0.29, 0.717) is 0 Å². The molecule has 0 aromatic rings. The maximum Gasteiger partial charge on any atom is -0.0411 e. The lowest BCUT2D eigenvalue weighted by Crippen LogP contribution is -1.90. The summed E-state index contributed by atoms with van der Waals surface area (Å²) in [5.74, 6) is 2.34. The van der Waals surface area contributed by atoms with Gasteiger partial charge in [0.1, 0.15) is 0 Å². The van der Waals surface area contributed by atoms with Crippen molar-refractivity contribution >= 4 is 0 Å². The molecular weight excluding hydrogens is 168 g/mol. The smallest absolute Gasteiger partial charge is 0.0411 e. The maximum atomic E-state index is 1.58. The van der Waals surface area contributed by atoms with Gasteiger partial charge in [0, 0.05) is 0 Å². The molecular formula is C14H26. The molecule has 0 atom stereocenters. The molecule has 0 radical (unpaired) electrons. The van der Waals surface area contributed by atoms with Crippen LogP contribution in [0.15, 0.2) is 0 Å². The summed E-state index contributed by atoms with van der Waals surface area (Å²) in [6.07, 6.45) is 18.3. The number of hydrogen-bond acceptors (Lipinski definition) is 0. The fourth-order valence-corrected chi connectivity index (χ4v) is 3.41. The fraction of sp³-hybridized carbons (Fsp3) is 1.00. The minimum Gasteiger partial charge on any atom is -0.0533 e. The summed E-state index contributed by atoms with van der Waals surface area (Å²) in [5, 5.41) is 0. The van der Waals surface area contributed by atoms with Gasteiger partial charge in [-0.15, -0.1) is 0 Å². The molecule has 0 nitrogen and oxygen atoms in total. The molecule has 3 fully saturated rings. The van der Waals surface area contributed by atoms with E-state index in [4.69, 9.17) is 0 Å². The van der Waals surface area contributed by atoms with Crippen molar-refractivity contribution in [2.75, 3.05) is 0 Å². The lowest BCUT2D eigenvalue weighted by Gasteiger charge is -2.05. The SMILES string of the molecule is C1CC2CCC1C2.C1CCCCCC1. The highest BCUT2D eigenvalue weighted by Crippen LogP contribution is 2.43. The van der Waals surface area contributed by atoms with Gasteiger partial charge in [0.25, 0.3) is 0 Å². The molecule has 0 amide bonds. The molecule has 3 saturated carbocycles. The Balaban J connectivity index is 0.000000107. The molecule has 0 N–H and O–H groups in total. The van der Waals surface area contributed by atoms with Crippen LogP contribution in [0.4, 0.5) is 0 Å². The third kappa shape index (κ3) is 3.29. The molecule has 82 valence electrons. The first kappa shape index (κ1) is 10.5. The Bertz CT molecular complexity index is 112. The monoisotopic (exact) mass is 194 g/mol. The van der Waals surface area contributed by atoms with E-state index in [9.17, 15) is 0 Å². The van der Waals surface area contributed by atoms with Crippen LogP contribution >= 0.6 is 0 Å². The standard InChI is InChI=1S/C7H12.C7H14/c1-2-7-4-3-6(1)5-7;1-2-4-6-7-5-3-1/h6-7H,1-5H2;1-7H2. The second-order valence-electron chi connectivity index (χ2n) is 5.60. The Labute approximate surface area is 89.5 Å². The molecule has 2 bridgehead atoms. The first-order chi connectivity index (χ1) is 6.95. The summed E-state index contributed by atoms with van der Waals surface area (Å²) in [6, 6.07) is 0. The van der Waals surface area contributed by atoms with Gasteiger partial charge in [0.05, 0.1) is 0 Å². The summed E-state index contributed by atoms with van der Waals surface area (Å²) in [4.78, 5) is 0. The summed E-state index contributed by atoms with van der Waals surface area (Å²) < 4.78 is 0. The lowest BCUT2D eigenvalue weighted by atomic mass is 10.0. The predicted molar refractivity (Wildman–Crippen MR) is 62.4 cm³/mol. The quantitative estimate of drug-likeness (QED) is 0.480. The Hall–Kier alpha value is 0. The van der Waals surface area contributed by atoms with Crippen LogP contribution in [-0.2, 0) is 0 Å². The highest BCUT2D eigenvalue weighted by Gasteiger charge is 2.30. The molecule has 0 saturated heterocycles. The number of hydrogen-bond donors (Lipinski definition) is 0. The molecule has 3 rings (SSSR count). The van der Waals surface area contributed by atoms with Crippen molar-refractivity contribution in [1.82, 2.24) is 0 Å². The van der Waals surface area contributed by atoms with E-state index in [1.807, 2.05) is 0 Å². The predicted octanol–water partition coefficient (Wildman–Crippen LogP) is 4.93. The Morgan fingerprint density at radius 1 is 0.429 bits per heavy atom. The van der Waals surface area contributed by atoms with Crippen molar-refractivity contribution in [3.05, 3.63) is 0 Å². The molecule has 3 aliphatic carbocycles. The first-order valence-electron chi connectivity index (χ1n) is 6.95. The lowest BCUT2D eigenvalue weighted by molar-refractivity contribution is 0.480. The van der Waals surface area contributed by atoms with Gasteiger partial charge < -0.3 is 0 Å². The van der Waals surface area contributed by atoms with Crippen LogP contribution in [0, 0.1) is 11.8 Å². The van der Waals surface area contributed by atoms with E-state index in [0.717, 1.165) is 0 Å². The zero-order chi connectivity index (χ0) is 9.64. The molecule has 14 heavy (non-hydrogen) atoms. The summed E-state index contributed by atoms with van der Waals surface area (Å²) >= 11 is 0. The van der Waals surface area contributed by atoms with Crippen molar-refractivity contribution in [1.29, 1.82) is 0 Å². The molecule has 0 aromatic carbocycles. The van der Waals surface area contributed by atoms with Crippen molar-refractivity contribution in [3.8, 4) is 0 Å². The minimum absolute atomic E-state index is 1.17. The minimum atomic E-state index is 1.17. The maximum absolute atomic E-state index is 1.58. The van der Waals surface area contributed by atoms with Crippen molar-refractivity contribution in [2.45, 2.75) is 77.0 Å². The van der Waals surface area contributed by atoms with Crippen LogP contribution in [-0.4, -0.2) is 0 Å². The first-order valence-corrected chi connectivity index (χ1v) is 6.95. The van der Waals surface area contributed by atoms with E-state index in [-0.39, 0.29) is 0 Å². The molecule has 0 unspecified atom stereocenters. The zero-order valence-electron chi connectivity index (χ0n) is 9.64. The average Bonchev–Trinajstić information content (AvgIpc) is 2.75.